The van der Waals surface area contributed by atoms with E-state index < -0.39 is 0 Å². The number of nitrogens with one attached hydrogen (secondary N) is 1. The fraction of sp³-hybridized carbons (Fsp3) is 0.500. The third kappa shape index (κ3) is 2.20. The molecule has 0 spiro atoms. The summed E-state index contributed by atoms with van der Waals surface area (Å²) in [6.07, 6.45) is 1.13. The van der Waals surface area contributed by atoms with Crippen LogP contribution in [0.4, 0.5) is 0 Å². The summed E-state index contributed by atoms with van der Waals surface area (Å²) in [6, 6.07) is 8.18. The highest BCUT2D eigenvalue weighted by Crippen LogP contribution is 2.28. The van der Waals surface area contributed by atoms with Gasteiger partial charge in [-0.25, -0.2) is 4.99 Å². The molecule has 1 aromatic carbocycles. The monoisotopic (exact) mass is 246 g/mol. The van der Waals surface area contributed by atoms with Gasteiger partial charge >= 0.3 is 0 Å². The Balaban J connectivity index is 1.77. The molecule has 2 aliphatic heterocycles. The van der Waals surface area contributed by atoms with Crippen molar-refractivity contribution in [1.82, 2.24) is 5.32 Å². The Kier molecular flexibility index (Phi) is 3.19. The second-order valence-corrected chi connectivity index (χ2v) is 4.76. The van der Waals surface area contributed by atoms with Gasteiger partial charge in [-0.2, -0.15) is 0 Å². The molecule has 0 radical (unpaired) electrons. The fourth-order valence-corrected chi connectivity index (χ4v) is 2.50. The predicted molar refractivity (Wildman–Crippen MR) is 70.1 cm³/mol. The first-order chi connectivity index (χ1) is 8.86. The van der Waals surface area contributed by atoms with Crippen LogP contribution in [0.3, 0.4) is 0 Å². The van der Waals surface area contributed by atoms with Gasteiger partial charge in [0.05, 0.1) is 7.11 Å². The average Bonchev–Trinajstić information content (AvgIpc) is 3.09. The zero-order valence-corrected chi connectivity index (χ0v) is 10.6. The normalized spacial score (nSPS) is 26.8. The second kappa shape index (κ2) is 4.98. The molecule has 0 bridgehead atoms. The number of rotatable bonds is 3. The third-order valence-corrected chi connectivity index (χ3v) is 3.56. The Labute approximate surface area is 107 Å². The van der Waals surface area contributed by atoms with Crippen molar-refractivity contribution >= 4 is 5.90 Å². The van der Waals surface area contributed by atoms with Gasteiger partial charge in [0.1, 0.15) is 18.4 Å². The predicted octanol–water partition coefficient (Wildman–Crippen LogP) is 1.77. The van der Waals surface area contributed by atoms with E-state index in [4.69, 9.17) is 14.5 Å². The zero-order chi connectivity index (χ0) is 12.4. The van der Waals surface area contributed by atoms with Crippen LogP contribution in [0.2, 0.25) is 0 Å². The lowest BCUT2D eigenvalue weighted by Gasteiger charge is -2.07. The van der Waals surface area contributed by atoms with Crippen molar-refractivity contribution in [3.8, 4) is 5.75 Å². The van der Waals surface area contributed by atoms with Crippen LogP contribution in [-0.4, -0.2) is 32.7 Å². The van der Waals surface area contributed by atoms with Gasteiger partial charge in [-0.3, -0.25) is 0 Å². The van der Waals surface area contributed by atoms with Gasteiger partial charge in [0.15, 0.2) is 5.90 Å². The average molecular weight is 246 g/mol. The molecular formula is C14H18N2O2. The Morgan fingerprint density at radius 1 is 1.44 bits per heavy atom. The Morgan fingerprint density at radius 3 is 3.17 bits per heavy atom. The highest BCUT2D eigenvalue weighted by Gasteiger charge is 2.28. The minimum absolute atomic E-state index is 0.121. The summed E-state index contributed by atoms with van der Waals surface area (Å²) in [7, 11) is 1.68. The molecule has 18 heavy (non-hydrogen) atoms. The summed E-state index contributed by atoms with van der Waals surface area (Å²) in [5.74, 6) is 2.26. The lowest BCUT2D eigenvalue weighted by atomic mass is 10.1. The van der Waals surface area contributed by atoms with Crippen LogP contribution in [0.25, 0.3) is 0 Å². The molecule has 2 aliphatic rings. The molecule has 2 heterocycles. The van der Waals surface area contributed by atoms with Gasteiger partial charge in [0.25, 0.3) is 0 Å². The minimum Gasteiger partial charge on any atom is -0.497 e. The summed E-state index contributed by atoms with van der Waals surface area (Å²) >= 11 is 0. The van der Waals surface area contributed by atoms with E-state index in [-0.39, 0.29) is 6.04 Å². The summed E-state index contributed by atoms with van der Waals surface area (Å²) in [4.78, 5) is 4.71. The van der Waals surface area contributed by atoms with Crippen LogP contribution in [-0.2, 0) is 4.74 Å². The van der Waals surface area contributed by atoms with E-state index in [0.717, 1.165) is 36.7 Å². The highest BCUT2D eigenvalue weighted by molar-refractivity contribution is 5.81. The van der Waals surface area contributed by atoms with Crippen molar-refractivity contribution in [3.05, 3.63) is 29.8 Å². The third-order valence-electron chi connectivity index (χ3n) is 3.56. The first-order valence-electron chi connectivity index (χ1n) is 6.42. The molecule has 1 aromatic rings. The van der Waals surface area contributed by atoms with Crippen molar-refractivity contribution in [1.29, 1.82) is 0 Å². The molecule has 2 unspecified atom stereocenters. The zero-order valence-electron chi connectivity index (χ0n) is 10.6. The number of hydrogen-bond acceptors (Lipinski definition) is 4. The van der Waals surface area contributed by atoms with Gasteiger partial charge in [-0.1, -0.05) is 12.1 Å². The number of aliphatic imine (C=N–C) groups is 1. The smallest absolute Gasteiger partial charge is 0.188 e. The van der Waals surface area contributed by atoms with Gasteiger partial charge in [-0.15, -0.1) is 0 Å². The van der Waals surface area contributed by atoms with Crippen molar-refractivity contribution in [3.63, 3.8) is 0 Å². The van der Waals surface area contributed by atoms with Gasteiger partial charge in [0.2, 0.25) is 0 Å². The molecule has 3 rings (SSSR count). The Hall–Kier alpha value is -1.55. The van der Waals surface area contributed by atoms with E-state index in [1.165, 1.54) is 0 Å². The van der Waals surface area contributed by atoms with Crippen LogP contribution in [0.15, 0.2) is 29.3 Å². The van der Waals surface area contributed by atoms with Crippen LogP contribution in [0.5, 0.6) is 5.75 Å². The second-order valence-electron chi connectivity index (χ2n) is 4.76. The maximum atomic E-state index is 5.75. The van der Waals surface area contributed by atoms with Gasteiger partial charge in [0, 0.05) is 12.5 Å². The molecule has 0 aromatic heterocycles. The molecule has 4 heteroatoms. The SMILES string of the molecule is COc1cccc(C2COC(C3CCNC3)=N2)c1. The van der Waals surface area contributed by atoms with Crippen LogP contribution in [0.1, 0.15) is 18.0 Å². The van der Waals surface area contributed by atoms with Gasteiger partial charge < -0.3 is 14.8 Å². The highest BCUT2D eigenvalue weighted by atomic mass is 16.5. The van der Waals surface area contributed by atoms with E-state index in [1.807, 2.05) is 18.2 Å². The minimum atomic E-state index is 0.121. The topological polar surface area (TPSA) is 42.9 Å². The first-order valence-corrected chi connectivity index (χ1v) is 6.42. The lowest BCUT2D eigenvalue weighted by molar-refractivity contribution is 0.300. The summed E-state index contributed by atoms with van der Waals surface area (Å²) in [6.45, 7) is 2.71. The maximum Gasteiger partial charge on any atom is 0.188 e. The number of methoxy groups -OCH3 is 1. The largest absolute Gasteiger partial charge is 0.497 e. The van der Waals surface area contributed by atoms with Crippen molar-refractivity contribution < 1.29 is 9.47 Å². The van der Waals surface area contributed by atoms with Crippen molar-refractivity contribution in [2.75, 3.05) is 26.8 Å². The standard InChI is InChI=1S/C14H18N2O2/c1-17-12-4-2-3-10(7-12)13-9-18-14(16-13)11-5-6-15-8-11/h2-4,7,11,13,15H,5-6,8-9H2,1H3. The van der Waals surface area contributed by atoms with Crippen LogP contribution < -0.4 is 10.1 Å². The molecule has 0 aliphatic carbocycles. The van der Waals surface area contributed by atoms with E-state index in [2.05, 4.69) is 11.4 Å². The van der Waals surface area contributed by atoms with E-state index in [0.29, 0.717) is 12.5 Å². The number of ether oxygens (including phenoxy) is 2. The molecule has 96 valence electrons. The quantitative estimate of drug-likeness (QED) is 0.884. The van der Waals surface area contributed by atoms with E-state index in [9.17, 15) is 0 Å². The molecule has 1 N–H and O–H groups in total. The summed E-state index contributed by atoms with van der Waals surface area (Å²) < 4.78 is 11.0. The van der Waals surface area contributed by atoms with Gasteiger partial charge in [-0.05, 0) is 30.7 Å². The van der Waals surface area contributed by atoms with Crippen molar-refractivity contribution in [2.45, 2.75) is 12.5 Å². The van der Waals surface area contributed by atoms with E-state index >= 15 is 0 Å². The molecular weight excluding hydrogens is 228 g/mol. The summed E-state index contributed by atoms with van der Waals surface area (Å²) in [5, 5.41) is 3.34. The molecule has 0 saturated carbocycles. The Morgan fingerprint density at radius 2 is 2.39 bits per heavy atom. The number of benzene rings is 1. The summed E-state index contributed by atoms with van der Waals surface area (Å²) in [5.41, 5.74) is 1.16. The first kappa shape index (κ1) is 11.5. The van der Waals surface area contributed by atoms with E-state index in [1.54, 1.807) is 7.11 Å². The fourth-order valence-electron chi connectivity index (χ4n) is 2.50. The van der Waals surface area contributed by atoms with Crippen molar-refractivity contribution in [2.24, 2.45) is 10.9 Å². The molecule has 1 fully saturated rings. The number of hydrogen-bond donors (Lipinski definition) is 1. The number of nitrogens with zero attached hydrogens (tertiary/aromatic N) is 1. The van der Waals surface area contributed by atoms with Crippen LogP contribution in [0, 0.1) is 5.92 Å². The molecule has 1 saturated heterocycles. The Bertz CT molecular complexity index is 453. The molecule has 4 nitrogen and oxygen atoms in total. The lowest BCUT2D eigenvalue weighted by Crippen LogP contribution is -2.17. The molecule has 2 atom stereocenters. The van der Waals surface area contributed by atoms with Crippen LogP contribution >= 0.6 is 0 Å². The maximum absolute atomic E-state index is 5.75. The molecule has 0 amide bonds.